The average molecular weight is 531 g/mol. The fourth-order valence-electron chi connectivity index (χ4n) is 10.3. The number of rotatable bonds is 9. The molecule has 10 heteroatoms. The van der Waals surface area contributed by atoms with Gasteiger partial charge in [0.15, 0.2) is 0 Å². The number of fused-ring (bicyclic) bond motifs is 5. The summed E-state index contributed by atoms with van der Waals surface area (Å²) in [7, 11) is 0. The molecule has 7 fully saturated rings. The molecule has 0 aromatic rings. The molecule has 0 amide bonds. The van der Waals surface area contributed by atoms with E-state index < -0.39 is 34.3 Å². The zero-order valence-corrected chi connectivity index (χ0v) is 21.5. The summed E-state index contributed by atoms with van der Waals surface area (Å²) in [6.45, 7) is 2.22. The summed E-state index contributed by atoms with van der Waals surface area (Å²) in [5, 5.41) is 7.26. The summed E-state index contributed by atoms with van der Waals surface area (Å²) in [6.07, 6.45) is 10.4. The first-order valence-electron chi connectivity index (χ1n) is 13.5. The SMILES string of the molecule is CC1CC2C3CC(CC(=O)OC45CC6CC(CC(COC(=O)C(F)(F)SOOO)(C6)C4)C5)C(C3)C2C1. The molecule has 0 saturated heterocycles. The van der Waals surface area contributed by atoms with E-state index in [1.807, 2.05) is 0 Å². The average Bonchev–Trinajstić information content (AvgIpc) is 3.46. The number of carbonyl (C=O) groups is 2. The van der Waals surface area contributed by atoms with Crippen molar-refractivity contribution in [3.8, 4) is 0 Å². The number of ether oxygens (including phenoxy) is 2. The molecule has 1 N–H and O–H groups in total. The second-order valence-electron chi connectivity index (χ2n) is 13.2. The Bertz CT molecular complexity index is 886. The molecule has 0 aromatic carbocycles. The molecule has 0 spiro atoms. The molecule has 8 atom stereocenters. The highest BCUT2D eigenvalue weighted by Crippen LogP contribution is 2.64. The maximum atomic E-state index is 13.9. The van der Waals surface area contributed by atoms with Crippen molar-refractivity contribution in [1.29, 1.82) is 0 Å². The molecule has 0 heterocycles. The van der Waals surface area contributed by atoms with Crippen LogP contribution in [0.15, 0.2) is 0 Å². The number of carbonyl (C=O) groups excluding carboxylic acids is 2. The van der Waals surface area contributed by atoms with Gasteiger partial charge in [0.05, 0.1) is 6.61 Å². The van der Waals surface area contributed by atoms with Gasteiger partial charge in [-0.1, -0.05) is 12.0 Å². The van der Waals surface area contributed by atoms with E-state index in [2.05, 4.69) is 16.3 Å². The number of halogens is 2. The summed E-state index contributed by atoms with van der Waals surface area (Å²) in [6, 6.07) is 0. The standard InChI is InChI=1S/C26H36F2O7S/c1-14-2-19-17-5-18(20(6-17)21(19)3-14)7-22(29)33-25-10-15-4-16(11-25)9-24(8-15,12-25)13-32-23(30)26(27,28)36-35-34-31/h14-21,31H,2-13H2,1H3. The van der Waals surface area contributed by atoms with Gasteiger partial charge in [0.25, 0.3) is 0 Å². The van der Waals surface area contributed by atoms with Gasteiger partial charge in [0.2, 0.25) is 0 Å². The zero-order valence-electron chi connectivity index (χ0n) is 20.7. The Morgan fingerprint density at radius 2 is 1.72 bits per heavy atom. The van der Waals surface area contributed by atoms with Crippen LogP contribution < -0.4 is 0 Å². The van der Waals surface area contributed by atoms with E-state index in [-0.39, 0.29) is 12.6 Å². The van der Waals surface area contributed by atoms with E-state index in [0.29, 0.717) is 36.5 Å². The molecule has 36 heavy (non-hydrogen) atoms. The maximum absolute atomic E-state index is 13.9. The third-order valence-corrected chi connectivity index (χ3v) is 11.1. The monoisotopic (exact) mass is 530 g/mol. The largest absolute Gasteiger partial charge is 0.460 e. The van der Waals surface area contributed by atoms with Gasteiger partial charge in [-0.25, -0.2) is 10.1 Å². The van der Waals surface area contributed by atoms with Crippen LogP contribution in [0.2, 0.25) is 0 Å². The molecular weight excluding hydrogens is 494 g/mol. The Morgan fingerprint density at radius 1 is 1.00 bits per heavy atom. The molecule has 7 saturated carbocycles. The summed E-state index contributed by atoms with van der Waals surface area (Å²) in [5.41, 5.74) is -1.02. The van der Waals surface area contributed by atoms with Crippen LogP contribution in [0.25, 0.3) is 0 Å². The number of alkyl halides is 2. The topological polar surface area (TPSA) is 91.3 Å². The van der Waals surface area contributed by atoms with Crippen LogP contribution in [0.1, 0.15) is 77.6 Å². The maximum Gasteiger partial charge on any atom is 0.415 e. The van der Waals surface area contributed by atoms with Crippen LogP contribution in [-0.4, -0.2) is 34.7 Å². The van der Waals surface area contributed by atoms with Gasteiger partial charge < -0.3 is 9.47 Å². The van der Waals surface area contributed by atoms with Crippen molar-refractivity contribution < 1.29 is 42.5 Å². The normalized spacial score (nSPS) is 46.2. The second-order valence-corrected chi connectivity index (χ2v) is 14.0. The van der Waals surface area contributed by atoms with Crippen LogP contribution in [0.3, 0.4) is 0 Å². The first-order chi connectivity index (χ1) is 17.1. The predicted octanol–water partition coefficient (Wildman–Crippen LogP) is 5.78. The van der Waals surface area contributed by atoms with Gasteiger partial charge >= 0.3 is 17.2 Å². The van der Waals surface area contributed by atoms with E-state index in [9.17, 15) is 18.4 Å². The fourth-order valence-corrected chi connectivity index (χ4v) is 10.5. The minimum absolute atomic E-state index is 0.103. The highest BCUT2D eigenvalue weighted by atomic mass is 32.2. The fraction of sp³-hybridized carbons (Fsp3) is 0.923. The van der Waals surface area contributed by atoms with Gasteiger partial charge in [-0.2, -0.15) is 8.78 Å². The zero-order chi connectivity index (χ0) is 25.3. The van der Waals surface area contributed by atoms with Crippen LogP contribution in [0.5, 0.6) is 0 Å². The summed E-state index contributed by atoms with van der Waals surface area (Å²) < 4.78 is 42.9. The number of hydrogen-bond donors (Lipinski definition) is 1. The lowest BCUT2D eigenvalue weighted by Crippen LogP contribution is -2.59. The second kappa shape index (κ2) is 9.06. The minimum atomic E-state index is -4.01. The molecule has 7 rings (SSSR count). The molecule has 7 nitrogen and oxygen atoms in total. The van der Waals surface area contributed by atoms with E-state index in [0.717, 1.165) is 62.2 Å². The molecule has 0 aromatic heterocycles. The van der Waals surface area contributed by atoms with Crippen molar-refractivity contribution >= 4 is 24.0 Å². The number of esters is 2. The van der Waals surface area contributed by atoms with E-state index in [1.54, 1.807) is 0 Å². The third-order valence-electron chi connectivity index (χ3n) is 10.6. The van der Waals surface area contributed by atoms with Crippen LogP contribution >= 0.6 is 12.0 Å². The molecule has 6 bridgehead atoms. The van der Waals surface area contributed by atoms with Crippen molar-refractivity contribution in [1.82, 2.24) is 0 Å². The van der Waals surface area contributed by atoms with E-state index >= 15 is 0 Å². The van der Waals surface area contributed by atoms with Crippen LogP contribution in [0.4, 0.5) is 8.78 Å². The van der Waals surface area contributed by atoms with E-state index in [4.69, 9.17) is 14.7 Å². The van der Waals surface area contributed by atoms with Gasteiger partial charge in [0, 0.05) is 11.8 Å². The summed E-state index contributed by atoms with van der Waals surface area (Å²) in [5.74, 6) is 3.21. The van der Waals surface area contributed by atoms with Crippen LogP contribution in [-0.2, 0) is 28.4 Å². The molecular formula is C26H36F2O7S. The van der Waals surface area contributed by atoms with Gasteiger partial charge in [-0.05, 0) is 112 Å². The quantitative estimate of drug-likeness (QED) is 0.174. The van der Waals surface area contributed by atoms with Crippen LogP contribution in [0, 0.1) is 52.8 Å². The molecule has 8 unspecified atom stereocenters. The summed E-state index contributed by atoms with van der Waals surface area (Å²) >= 11 is -0.612. The molecule has 202 valence electrons. The van der Waals surface area contributed by atoms with Gasteiger partial charge in [-0.15, -0.1) is 4.33 Å². The molecule has 0 aliphatic heterocycles. The predicted molar refractivity (Wildman–Crippen MR) is 124 cm³/mol. The van der Waals surface area contributed by atoms with Crippen molar-refractivity contribution in [2.75, 3.05) is 6.61 Å². The van der Waals surface area contributed by atoms with Gasteiger partial charge in [0.1, 0.15) is 17.6 Å². The lowest BCUT2D eigenvalue weighted by Gasteiger charge is -2.60. The lowest BCUT2D eigenvalue weighted by molar-refractivity contribution is -0.433. The highest BCUT2D eigenvalue weighted by molar-refractivity contribution is 7.96. The first-order valence-corrected chi connectivity index (χ1v) is 14.3. The van der Waals surface area contributed by atoms with E-state index in [1.165, 1.54) is 19.3 Å². The molecule has 7 aliphatic rings. The Kier molecular flexibility index (Phi) is 6.37. The Hall–Kier alpha value is -0.970. The van der Waals surface area contributed by atoms with Crippen molar-refractivity contribution in [3.05, 3.63) is 0 Å². The Balaban J connectivity index is 1.08. The smallest absolute Gasteiger partial charge is 0.415 e. The first kappa shape index (κ1) is 25.3. The molecule has 0 radical (unpaired) electrons. The van der Waals surface area contributed by atoms with Crippen molar-refractivity contribution in [2.24, 2.45) is 52.8 Å². The minimum Gasteiger partial charge on any atom is -0.460 e. The molecule has 7 aliphatic carbocycles. The number of hydrogen-bond acceptors (Lipinski definition) is 8. The summed E-state index contributed by atoms with van der Waals surface area (Å²) in [4.78, 5) is 25.2. The highest BCUT2D eigenvalue weighted by Gasteiger charge is 2.61. The Morgan fingerprint density at radius 3 is 2.44 bits per heavy atom. The third kappa shape index (κ3) is 4.47. The van der Waals surface area contributed by atoms with Crippen molar-refractivity contribution in [3.63, 3.8) is 0 Å². The Labute approximate surface area is 214 Å². The lowest BCUT2D eigenvalue weighted by atomic mass is 9.48. The van der Waals surface area contributed by atoms with Gasteiger partial charge in [-0.3, -0.25) is 4.79 Å². The van der Waals surface area contributed by atoms with Crippen molar-refractivity contribution in [2.45, 2.75) is 88.4 Å².